The maximum Gasteiger partial charge on any atom is 0.0246 e. The van der Waals surface area contributed by atoms with Crippen molar-refractivity contribution in [1.29, 1.82) is 0 Å². The molecule has 1 heteroatoms. The number of terminal acetylenes is 1. The lowest BCUT2D eigenvalue weighted by Crippen LogP contribution is -2.08. The van der Waals surface area contributed by atoms with Crippen molar-refractivity contribution in [3.63, 3.8) is 0 Å². The van der Waals surface area contributed by atoms with Crippen LogP contribution in [0.4, 0.5) is 0 Å². The lowest BCUT2D eigenvalue weighted by Gasteiger charge is -2.03. The molecule has 62 valence electrons. The van der Waals surface area contributed by atoms with Crippen LogP contribution in [0, 0.1) is 18.3 Å². The highest BCUT2D eigenvalue weighted by Gasteiger charge is 2.34. The minimum absolute atomic E-state index is 0.820. The Kier molecular flexibility index (Phi) is 2.96. The molecular weight excluding hydrogens is 134 g/mol. The van der Waals surface area contributed by atoms with E-state index >= 15 is 0 Å². The first-order valence-corrected chi connectivity index (χ1v) is 4.43. The Hall–Kier alpha value is -0.480. The molecule has 1 aliphatic heterocycles. The average molecular weight is 151 g/mol. The quantitative estimate of drug-likeness (QED) is 0.336. The summed E-state index contributed by atoms with van der Waals surface area (Å²) in [5.74, 6) is 3.49. The van der Waals surface area contributed by atoms with Crippen LogP contribution in [0.3, 0.4) is 0 Å². The summed E-state index contributed by atoms with van der Waals surface area (Å²) in [5, 5.41) is 0. The van der Waals surface area contributed by atoms with Gasteiger partial charge in [-0.2, -0.15) is 0 Å². The minimum Gasteiger partial charge on any atom is -0.297 e. The fraction of sp³-hybridized carbons (Fsp3) is 0.800. The fourth-order valence-corrected chi connectivity index (χ4v) is 1.47. The predicted octanol–water partition coefficient (Wildman–Crippen LogP) is 1.74. The molecule has 2 atom stereocenters. The molecule has 1 aliphatic rings. The average Bonchev–Trinajstić information content (AvgIpc) is 2.68. The molecule has 0 aliphatic carbocycles. The smallest absolute Gasteiger partial charge is 0.0246 e. The van der Waals surface area contributed by atoms with Crippen molar-refractivity contribution in [2.75, 3.05) is 13.1 Å². The summed E-state index contributed by atoms with van der Waals surface area (Å²) in [7, 11) is 0. The van der Waals surface area contributed by atoms with Crippen LogP contribution in [0.15, 0.2) is 0 Å². The standard InChI is InChI=1S/C10H17N/c1-4-5-6-7-11-8-10(11)9(2)3/h1,9-10H,5-8H2,2-3H3. The lowest BCUT2D eigenvalue weighted by atomic mass is 10.1. The van der Waals surface area contributed by atoms with Gasteiger partial charge >= 0.3 is 0 Å². The van der Waals surface area contributed by atoms with E-state index in [1.807, 2.05) is 0 Å². The molecule has 0 saturated carbocycles. The van der Waals surface area contributed by atoms with E-state index in [1.165, 1.54) is 19.5 Å². The minimum atomic E-state index is 0.820. The summed E-state index contributed by atoms with van der Waals surface area (Å²) < 4.78 is 0. The monoisotopic (exact) mass is 151 g/mol. The van der Waals surface area contributed by atoms with Gasteiger partial charge in [-0.3, -0.25) is 4.90 Å². The SMILES string of the molecule is C#CCCCN1CC1C(C)C. The highest BCUT2D eigenvalue weighted by atomic mass is 15.3. The highest BCUT2D eigenvalue weighted by molar-refractivity contribution is 4.92. The first-order chi connectivity index (χ1) is 5.25. The van der Waals surface area contributed by atoms with Gasteiger partial charge < -0.3 is 0 Å². The Balaban J connectivity index is 2.01. The molecule has 2 unspecified atom stereocenters. The van der Waals surface area contributed by atoms with E-state index in [0.717, 1.165) is 18.4 Å². The Morgan fingerprint density at radius 1 is 1.64 bits per heavy atom. The number of hydrogen-bond donors (Lipinski definition) is 0. The molecule has 1 heterocycles. The maximum atomic E-state index is 5.16. The van der Waals surface area contributed by atoms with Gasteiger partial charge in [0, 0.05) is 19.0 Å². The molecule has 0 aromatic rings. The van der Waals surface area contributed by atoms with Gasteiger partial charge in [0.25, 0.3) is 0 Å². The van der Waals surface area contributed by atoms with Crippen LogP contribution in [-0.4, -0.2) is 24.0 Å². The van der Waals surface area contributed by atoms with Crippen LogP contribution >= 0.6 is 0 Å². The van der Waals surface area contributed by atoms with Crippen LogP contribution in [0.2, 0.25) is 0 Å². The van der Waals surface area contributed by atoms with Gasteiger partial charge in [-0.05, 0) is 18.9 Å². The van der Waals surface area contributed by atoms with Crippen molar-refractivity contribution < 1.29 is 0 Å². The summed E-state index contributed by atoms with van der Waals surface area (Å²) in [5.41, 5.74) is 0. The molecule has 0 aromatic carbocycles. The summed E-state index contributed by atoms with van der Waals surface area (Å²) in [6.45, 7) is 7.06. The number of hydrogen-bond acceptors (Lipinski definition) is 1. The third kappa shape index (κ3) is 2.55. The van der Waals surface area contributed by atoms with Crippen molar-refractivity contribution in [3.8, 4) is 12.3 Å². The van der Waals surface area contributed by atoms with Crippen molar-refractivity contribution in [3.05, 3.63) is 0 Å². The second-order valence-corrected chi connectivity index (χ2v) is 3.61. The van der Waals surface area contributed by atoms with Crippen molar-refractivity contribution >= 4 is 0 Å². The number of rotatable bonds is 4. The highest BCUT2D eigenvalue weighted by Crippen LogP contribution is 2.24. The van der Waals surface area contributed by atoms with Crippen molar-refractivity contribution in [1.82, 2.24) is 4.90 Å². The molecule has 1 nitrogen and oxygen atoms in total. The van der Waals surface area contributed by atoms with E-state index in [1.54, 1.807) is 0 Å². The van der Waals surface area contributed by atoms with Gasteiger partial charge in [-0.1, -0.05) is 13.8 Å². The maximum absolute atomic E-state index is 5.16. The third-order valence-corrected chi connectivity index (χ3v) is 2.29. The van der Waals surface area contributed by atoms with Crippen LogP contribution in [-0.2, 0) is 0 Å². The first kappa shape index (κ1) is 8.62. The van der Waals surface area contributed by atoms with Crippen LogP contribution in [0.5, 0.6) is 0 Å². The summed E-state index contributed by atoms with van der Waals surface area (Å²) >= 11 is 0. The summed E-state index contributed by atoms with van der Waals surface area (Å²) in [6, 6.07) is 0.854. The molecule has 1 rings (SSSR count). The Morgan fingerprint density at radius 3 is 2.82 bits per heavy atom. The molecule has 1 fully saturated rings. The van der Waals surface area contributed by atoms with E-state index in [4.69, 9.17) is 6.42 Å². The van der Waals surface area contributed by atoms with E-state index in [2.05, 4.69) is 24.7 Å². The van der Waals surface area contributed by atoms with E-state index in [0.29, 0.717) is 0 Å². The molecule has 0 radical (unpaired) electrons. The number of unbranched alkanes of at least 4 members (excludes halogenated alkanes) is 1. The zero-order chi connectivity index (χ0) is 8.27. The Bertz CT molecular complexity index is 155. The van der Waals surface area contributed by atoms with Gasteiger partial charge in [-0.25, -0.2) is 0 Å². The van der Waals surface area contributed by atoms with Gasteiger partial charge in [-0.15, -0.1) is 12.3 Å². The molecule has 0 bridgehead atoms. The normalized spacial score (nSPS) is 28.5. The number of nitrogens with zero attached hydrogens (tertiary/aromatic N) is 1. The second-order valence-electron chi connectivity index (χ2n) is 3.61. The zero-order valence-electron chi connectivity index (χ0n) is 7.51. The Labute approximate surface area is 69.8 Å². The van der Waals surface area contributed by atoms with Gasteiger partial charge in [0.2, 0.25) is 0 Å². The third-order valence-electron chi connectivity index (χ3n) is 2.29. The summed E-state index contributed by atoms with van der Waals surface area (Å²) in [4.78, 5) is 2.50. The van der Waals surface area contributed by atoms with E-state index < -0.39 is 0 Å². The van der Waals surface area contributed by atoms with E-state index in [-0.39, 0.29) is 0 Å². The van der Waals surface area contributed by atoms with Crippen molar-refractivity contribution in [2.45, 2.75) is 32.7 Å². The van der Waals surface area contributed by atoms with Crippen LogP contribution < -0.4 is 0 Å². The Morgan fingerprint density at radius 2 is 2.36 bits per heavy atom. The first-order valence-electron chi connectivity index (χ1n) is 4.43. The lowest BCUT2D eigenvalue weighted by molar-refractivity contribution is 0.438. The van der Waals surface area contributed by atoms with Crippen molar-refractivity contribution in [2.24, 2.45) is 5.92 Å². The molecule has 0 N–H and O–H groups in total. The second kappa shape index (κ2) is 3.78. The topological polar surface area (TPSA) is 3.01 Å². The largest absolute Gasteiger partial charge is 0.297 e. The molecular formula is C10H17N. The molecule has 0 aromatic heterocycles. The van der Waals surface area contributed by atoms with Gasteiger partial charge in [0.05, 0.1) is 0 Å². The predicted molar refractivity (Wildman–Crippen MR) is 48.3 cm³/mol. The van der Waals surface area contributed by atoms with Gasteiger partial charge in [0.1, 0.15) is 0 Å². The molecule has 11 heavy (non-hydrogen) atoms. The molecule has 0 amide bonds. The van der Waals surface area contributed by atoms with E-state index in [9.17, 15) is 0 Å². The van der Waals surface area contributed by atoms with Crippen LogP contribution in [0.1, 0.15) is 26.7 Å². The molecule has 0 spiro atoms. The summed E-state index contributed by atoms with van der Waals surface area (Å²) in [6.07, 6.45) is 7.26. The molecule has 1 saturated heterocycles. The van der Waals surface area contributed by atoms with Gasteiger partial charge in [0.15, 0.2) is 0 Å². The van der Waals surface area contributed by atoms with Crippen LogP contribution in [0.25, 0.3) is 0 Å². The fourth-order valence-electron chi connectivity index (χ4n) is 1.47. The zero-order valence-corrected chi connectivity index (χ0v) is 7.51.